The third-order valence-corrected chi connectivity index (χ3v) is 3.41. The molecule has 108 valence electrons. The van der Waals surface area contributed by atoms with Crippen molar-refractivity contribution in [1.29, 1.82) is 5.26 Å². The number of ether oxygens (including phenoxy) is 2. The number of nitrogens with one attached hydrogen (secondary N) is 1. The van der Waals surface area contributed by atoms with Gasteiger partial charge in [0.15, 0.2) is 11.5 Å². The molecule has 0 fully saturated rings. The van der Waals surface area contributed by atoms with E-state index >= 15 is 0 Å². The quantitative estimate of drug-likeness (QED) is 0.937. The van der Waals surface area contributed by atoms with Gasteiger partial charge < -0.3 is 14.8 Å². The average molecular weight is 283 g/mol. The molecule has 1 aliphatic heterocycles. The van der Waals surface area contributed by atoms with Crippen LogP contribution in [0.1, 0.15) is 25.3 Å². The highest BCUT2D eigenvalue weighted by atomic mass is 16.5. The number of pyridine rings is 1. The van der Waals surface area contributed by atoms with Crippen molar-refractivity contribution in [3.63, 3.8) is 0 Å². The zero-order valence-electron chi connectivity index (χ0n) is 12.0. The van der Waals surface area contributed by atoms with Crippen molar-refractivity contribution in [2.24, 2.45) is 0 Å². The van der Waals surface area contributed by atoms with Crippen LogP contribution in [0.3, 0.4) is 0 Å². The van der Waals surface area contributed by atoms with Gasteiger partial charge in [-0.05, 0) is 12.5 Å². The largest absolute Gasteiger partial charge is 0.490 e. The fourth-order valence-corrected chi connectivity index (χ4v) is 2.37. The molecule has 0 aliphatic carbocycles. The Morgan fingerprint density at radius 1 is 1.29 bits per heavy atom. The molecule has 0 saturated carbocycles. The summed E-state index contributed by atoms with van der Waals surface area (Å²) in [6.45, 7) is 4.19. The second-order valence-electron chi connectivity index (χ2n) is 4.95. The molecular weight excluding hydrogens is 266 g/mol. The maximum atomic E-state index is 9.27. The van der Waals surface area contributed by atoms with E-state index in [1.165, 1.54) is 0 Å². The predicted octanol–water partition coefficient (Wildman–Crippen LogP) is 3.09. The van der Waals surface area contributed by atoms with Crippen LogP contribution < -0.4 is 14.8 Å². The van der Waals surface area contributed by atoms with E-state index in [0.29, 0.717) is 18.8 Å². The van der Waals surface area contributed by atoms with Gasteiger partial charge in [0.2, 0.25) is 0 Å². The number of hydrogen-bond donors (Lipinski definition) is 1. The normalized spacial score (nSPS) is 13.5. The van der Waals surface area contributed by atoms with E-state index < -0.39 is 0 Å². The first kappa shape index (κ1) is 13.5. The van der Waals surface area contributed by atoms with Gasteiger partial charge in [-0.25, -0.2) is 0 Å². The third kappa shape index (κ3) is 2.57. The van der Waals surface area contributed by atoms with Gasteiger partial charge >= 0.3 is 0 Å². The summed E-state index contributed by atoms with van der Waals surface area (Å²) in [5.74, 6) is 1.44. The van der Waals surface area contributed by atoms with Crippen molar-refractivity contribution >= 4 is 16.6 Å². The maximum Gasteiger partial charge on any atom is 0.163 e. The van der Waals surface area contributed by atoms with Crippen molar-refractivity contribution in [2.75, 3.05) is 25.1 Å². The molecule has 1 aromatic heterocycles. The molecule has 0 amide bonds. The summed E-state index contributed by atoms with van der Waals surface area (Å²) in [7, 11) is 0. The minimum atomic E-state index is 0.547. The summed E-state index contributed by atoms with van der Waals surface area (Å²) >= 11 is 0. The van der Waals surface area contributed by atoms with E-state index in [-0.39, 0.29) is 0 Å². The number of benzene rings is 1. The molecule has 0 spiro atoms. The Hall–Kier alpha value is -2.48. The van der Waals surface area contributed by atoms with E-state index in [9.17, 15) is 5.26 Å². The highest BCUT2D eigenvalue weighted by Crippen LogP contribution is 2.37. The predicted molar refractivity (Wildman–Crippen MR) is 80.8 cm³/mol. The number of nitrogens with zero attached hydrogens (tertiary/aromatic N) is 2. The van der Waals surface area contributed by atoms with Crippen LogP contribution in [0, 0.1) is 11.3 Å². The van der Waals surface area contributed by atoms with Crippen molar-refractivity contribution in [2.45, 2.75) is 19.8 Å². The molecule has 21 heavy (non-hydrogen) atoms. The summed E-state index contributed by atoms with van der Waals surface area (Å²) in [5, 5.41) is 13.5. The Bertz CT molecular complexity index is 707. The second kappa shape index (κ2) is 5.88. The van der Waals surface area contributed by atoms with Gasteiger partial charge in [0.05, 0.1) is 30.0 Å². The third-order valence-electron chi connectivity index (χ3n) is 3.41. The number of fused-ring (bicyclic) bond motifs is 2. The van der Waals surface area contributed by atoms with Crippen molar-refractivity contribution in [3.05, 3.63) is 23.9 Å². The summed E-state index contributed by atoms with van der Waals surface area (Å²) in [6.07, 6.45) is 3.45. The lowest BCUT2D eigenvalue weighted by molar-refractivity contribution is 0.297. The molecule has 0 unspecified atom stereocenters. The Labute approximate surface area is 123 Å². The van der Waals surface area contributed by atoms with Crippen molar-refractivity contribution in [1.82, 2.24) is 4.98 Å². The van der Waals surface area contributed by atoms with Gasteiger partial charge in [0.25, 0.3) is 0 Å². The summed E-state index contributed by atoms with van der Waals surface area (Å²) in [6, 6.07) is 5.99. The van der Waals surface area contributed by atoms with Crippen molar-refractivity contribution < 1.29 is 9.47 Å². The summed E-state index contributed by atoms with van der Waals surface area (Å²) in [5.41, 5.74) is 2.17. The van der Waals surface area contributed by atoms with E-state index in [1.54, 1.807) is 6.20 Å². The van der Waals surface area contributed by atoms with Gasteiger partial charge in [-0.1, -0.05) is 6.92 Å². The molecule has 1 aliphatic rings. The first-order valence-corrected chi connectivity index (χ1v) is 7.20. The highest BCUT2D eigenvalue weighted by Gasteiger charge is 2.15. The van der Waals surface area contributed by atoms with Gasteiger partial charge in [0, 0.05) is 30.6 Å². The number of aromatic nitrogens is 1. The van der Waals surface area contributed by atoms with Crippen LogP contribution >= 0.6 is 0 Å². The van der Waals surface area contributed by atoms with Crippen LogP contribution in [0.2, 0.25) is 0 Å². The number of anilines is 1. The standard InChI is InChI=1S/C16H17N3O2/c1-2-4-18-16-11(9-17)10-19-13-8-15-14(7-12(13)16)20-5-3-6-21-15/h7-8,10H,2-6H2,1H3,(H,18,19). The van der Waals surface area contributed by atoms with Gasteiger partial charge in [-0.2, -0.15) is 5.26 Å². The topological polar surface area (TPSA) is 67.2 Å². The molecule has 3 rings (SSSR count). The summed E-state index contributed by atoms with van der Waals surface area (Å²) < 4.78 is 11.4. The first-order chi connectivity index (χ1) is 10.3. The molecular formula is C16H17N3O2. The van der Waals surface area contributed by atoms with Crippen LogP contribution in [0.15, 0.2) is 18.3 Å². The Morgan fingerprint density at radius 2 is 2.05 bits per heavy atom. The minimum absolute atomic E-state index is 0.547. The average Bonchev–Trinajstić information content (AvgIpc) is 2.75. The Balaban J connectivity index is 2.17. The Kier molecular flexibility index (Phi) is 3.78. The van der Waals surface area contributed by atoms with E-state index in [4.69, 9.17) is 9.47 Å². The minimum Gasteiger partial charge on any atom is -0.490 e. The molecule has 2 heterocycles. The lowest BCUT2D eigenvalue weighted by Crippen LogP contribution is -2.04. The van der Waals surface area contributed by atoms with Gasteiger partial charge in [0.1, 0.15) is 6.07 Å². The Morgan fingerprint density at radius 3 is 2.76 bits per heavy atom. The van der Waals surface area contributed by atoms with Crippen LogP contribution in [0.5, 0.6) is 11.5 Å². The zero-order chi connectivity index (χ0) is 14.7. The van der Waals surface area contributed by atoms with E-state index in [2.05, 4.69) is 23.3 Å². The second-order valence-corrected chi connectivity index (χ2v) is 4.95. The van der Waals surface area contributed by atoms with Crippen molar-refractivity contribution in [3.8, 4) is 17.6 Å². The number of hydrogen-bond acceptors (Lipinski definition) is 5. The molecule has 5 nitrogen and oxygen atoms in total. The SMILES string of the molecule is CCCNc1c(C#N)cnc2cc3c(cc12)OCCCO3. The van der Waals surface area contributed by atoms with Gasteiger partial charge in [-0.3, -0.25) is 4.98 Å². The lowest BCUT2D eigenvalue weighted by Gasteiger charge is -2.13. The smallest absolute Gasteiger partial charge is 0.163 e. The molecule has 5 heteroatoms. The molecule has 0 radical (unpaired) electrons. The lowest BCUT2D eigenvalue weighted by atomic mass is 10.1. The molecule has 1 aromatic carbocycles. The summed E-state index contributed by atoms with van der Waals surface area (Å²) in [4.78, 5) is 4.36. The molecule has 0 bridgehead atoms. The number of nitriles is 1. The zero-order valence-corrected chi connectivity index (χ0v) is 12.0. The van der Waals surface area contributed by atoms with Crippen LogP contribution in [-0.4, -0.2) is 24.7 Å². The molecule has 1 N–H and O–H groups in total. The van der Waals surface area contributed by atoms with Gasteiger partial charge in [-0.15, -0.1) is 0 Å². The molecule has 2 aromatic rings. The van der Waals surface area contributed by atoms with E-state index in [0.717, 1.165) is 47.5 Å². The van der Waals surface area contributed by atoms with Crippen LogP contribution in [0.25, 0.3) is 10.9 Å². The monoisotopic (exact) mass is 283 g/mol. The molecule has 0 saturated heterocycles. The fourth-order valence-electron chi connectivity index (χ4n) is 2.37. The van der Waals surface area contributed by atoms with Crippen LogP contribution in [-0.2, 0) is 0 Å². The van der Waals surface area contributed by atoms with E-state index in [1.807, 2.05) is 12.1 Å². The first-order valence-electron chi connectivity index (χ1n) is 7.20. The number of rotatable bonds is 3. The highest BCUT2D eigenvalue weighted by molar-refractivity contribution is 5.96. The van der Waals surface area contributed by atoms with Crippen LogP contribution in [0.4, 0.5) is 5.69 Å². The fraction of sp³-hybridized carbons (Fsp3) is 0.375. The molecule has 0 atom stereocenters. The maximum absolute atomic E-state index is 9.27.